The fraction of sp³-hybridized carbons (Fsp3) is 0.250. The van der Waals surface area contributed by atoms with E-state index in [9.17, 15) is 46.1 Å². The number of carboxylic acids is 2. The number of benzene rings is 4. The van der Waals surface area contributed by atoms with E-state index in [1.54, 1.807) is 12.1 Å². The van der Waals surface area contributed by atoms with Gasteiger partial charge in [-0.05, 0) is 72.5 Å². The molecule has 8 aromatic rings. The highest BCUT2D eigenvalue weighted by Crippen LogP contribution is 2.36. The lowest BCUT2D eigenvalue weighted by Gasteiger charge is -2.11. The molecule has 0 saturated heterocycles. The molecular formula is C40H34F6N8O6S2. The number of aromatic carboxylic acids is 2. The summed E-state index contributed by atoms with van der Waals surface area (Å²) in [5, 5.41) is 25.6. The van der Waals surface area contributed by atoms with Crippen LogP contribution in [0, 0.1) is 11.8 Å². The second kappa shape index (κ2) is 17.0. The number of fused-ring (bicyclic) bond motifs is 4. The number of hydrogen-bond donors (Lipinski definition) is 4. The van der Waals surface area contributed by atoms with Gasteiger partial charge in [-0.2, -0.15) is 0 Å². The van der Waals surface area contributed by atoms with E-state index in [4.69, 9.17) is 0 Å². The molecule has 0 fully saturated rings. The minimum absolute atomic E-state index is 0.130. The molecule has 0 unspecified atom stereocenters. The first-order chi connectivity index (χ1) is 29.2. The number of rotatable bonds is 12. The van der Waals surface area contributed by atoms with E-state index in [2.05, 4.69) is 40.0 Å². The average Bonchev–Trinajstić information content (AvgIpc) is 3.92. The predicted octanol–water partition coefficient (Wildman–Crippen LogP) is 11.3. The van der Waals surface area contributed by atoms with E-state index in [1.807, 2.05) is 36.8 Å². The molecule has 0 aliphatic heterocycles. The van der Waals surface area contributed by atoms with Crippen molar-refractivity contribution in [3.8, 4) is 11.5 Å². The van der Waals surface area contributed by atoms with Gasteiger partial charge in [-0.25, -0.2) is 29.5 Å². The van der Waals surface area contributed by atoms with Crippen LogP contribution in [0.15, 0.2) is 72.8 Å². The third-order valence-corrected chi connectivity index (χ3v) is 10.6. The van der Waals surface area contributed by atoms with Crippen molar-refractivity contribution in [3.63, 3.8) is 0 Å². The molecule has 0 atom stereocenters. The molecule has 0 amide bonds. The minimum Gasteiger partial charge on any atom is -0.478 e. The van der Waals surface area contributed by atoms with E-state index in [1.165, 1.54) is 60.7 Å². The number of aromatic nitrogens is 6. The van der Waals surface area contributed by atoms with Crippen LogP contribution in [-0.4, -0.2) is 63.9 Å². The van der Waals surface area contributed by atoms with Gasteiger partial charge in [0, 0.05) is 25.2 Å². The first kappa shape index (κ1) is 43.4. The summed E-state index contributed by atoms with van der Waals surface area (Å²) in [5.41, 5.74) is 3.86. The maximum Gasteiger partial charge on any atom is 0.573 e. The standard InChI is InChI=1S/2C20H17F3N4O3S/c2*1-10(2)9-27-15-6-3-11(17(28)29)7-14(15)24-18(27)26-19-25-13-5-4-12(8-16(13)31-19)30-20(21,22)23/h2*3-8,10H,9H2,1-2H3,(H,28,29)(H,24,25,26). The molecule has 14 nitrogen and oxygen atoms in total. The Kier molecular flexibility index (Phi) is 11.9. The van der Waals surface area contributed by atoms with Crippen molar-refractivity contribution in [3.05, 3.63) is 83.9 Å². The number of carboxylic acid groups (broad SMARTS) is 2. The summed E-state index contributed by atoms with van der Waals surface area (Å²) in [6.07, 6.45) is -9.54. The van der Waals surface area contributed by atoms with Crippen LogP contribution in [0.25, 0.3) is 42.5 Å². The van der Waals surface area contributed by atoms with E-state index in [0.29, 0.717) is 66.7 Å². The zero-order valence-electron chi connectivity index (χ0n) is 32.8. The maximum absolute atomic E-state index is 12.5. The fourth-order valence-corrected chi connectivity index (χ4v) is 8.09. The number of imidazole rings is 2. The predicted molar refractivity (Wildman–Crippen MR) is 222 cm³/mol. The first-order valence-corrected chi connectivity index (χ1v) is 20.1. The number of hydrogen-bond acceptors (Lipinski definition) is 12. The molecule has 62 heavy (non-hydrogen) atoms. The van der Waals surface area contributed by atoms with Crippen LogP contribution in [0.3, 0.4) is 0 Å². The molecule has 4 aromatic heterocycles. The van der Waals surface area contributed by atoms with E-state index >= 15 is 0 Å². The molecule has 4 aromatic carbocycles. The highest BCUT2D eigenvalue weighted by molar-refractivity contribution is 7.22. The molecule has 22 heteroatoms. The van der Waals surface area contributed by atoms with Crippen molar-refractivity contribution in [2.75, 3.05) is 10.6 Å². The van der Waals surface area contributed by atoms with Crippen LogP contribution in [0.2, 0.25) is 0 Å². The van der Waals surface area contributed by atoms with E-state index in [0.717, 1.165) is 33.7 Å². The number of ether oxygens (including phenoxy) is 2. The number of carbonyl (C=O) groups is 2. The Morgan fingerprint density at radius 2 is 0.984 bits per heavy atom. The molecule has 0 radical (unpaired) electrons. The Morgan fingerprint density at radius 1 is 0.597 bits per heavy atom. The summed E-state index contributed by atoms with van der Waals surface area (Å²) in [4.78, 5) is 40.4. The summed E-state index contributed by atoms with van der Waals surface area (Å²) in [5.74, 6) is -1.21. The summed E-state index contributed by atoms with van der Waals surface area (Å²) in [6, 6.07) is 17.3. The number of anilines is 4. The van der Waals surface area contributed by atoms with Crippen molar-refractivity contribution in [1.29, 1.82) is 0 Å². The third kappa shape index (κ3) is 10.3. The van der Waals surface area contributed by atoms with Gasteiger partial charge < -0.3 is 39.5 Å². The molecule has 4 N–H and O–H groups in total. The van der Waals surface area contributed by atoms with Crippen molar-refractivity contribution in [2.24, 2.45) is 11.8 Å². The topological polar surface area (TPSA) is 179 Å². The van der Waals surface area contributed by atoms with Gasteiger partial charge in [0.05, 0.1) is 53.6 Å². The quantitative estimate of drug-likeness (QED) is 0.0854. The highest BCUT2D eigenvalue weighted by Gasteiger charge is 2.32. The van der Waals surface area contributed by atoms with Gasteiger partial charge in [0.15, 0.2) is 10.3 Å². The molecule has 0 bridgehead atoms. The summed E-state index contributed by atoms with van der Waals surface area (Å²) in [6.45, 7) is 9.42. The van der Waals surface area contributed by atoms with Crippen LogP contribution in [0.5, 0.6) is 11.5 Å². The van der Waals surface area contributed by atoms with Gasteiger partial charge >= 0.3 is 24.7 Å². The fourth-order valence-electron chi connectivity index (χ4n) is 6.32. The van der Waals surface area contributed by atoms with E-state index in [-0.39, 0.29) is 34.5 Å². The second-order valence-electron chi connectivity index (χ2n) is 14.5. The van der Waals surface area contributed by atoms with Crippen molar-refractivity contribution < 1.29 is 55.6 Å². The average molecular weight is 901 g/mol. The smallest absolute Gasteiger partial charge is 0.478 e. The molecule has 0 spiro atoms. The Morgan fingerprint density at radius 3 is 1.32 bits per heavy atom. The van der Waals surface area contributed by atoms with Gasteiger partial charge in [-0.1, -0.05) is 50.4 Å². The molecule has 8 rings (SSSR count). The molecule has 324 valence electrons. The Hall–Kier alpha value is -6.68. The number of nitrogens with one attached hydrogen (secondary N) is 2. The van der Waals surface area contributed by atoms with Crippen LogP contribution >= 0.6 is 22.7 Å². The second-order valence-corrected chi connectivity index (χ2v) is 16.6. The zero-order chi connectivity index (χ0) is 44.7. The normalized spacial score (nSPS) is 12.1. The Bertz CT molecular complexity index is 2760. The van der Waals surface area contributed by atoms with Crippen LogP contribution in [0.4, 0.5) is 48.5 Å². The number of thiazole rings is 2. The lowest BCUT2D eigenvalue weighted by atomic mass is 10.2. The zero-order valence-corrected chi connectivity index (χ0v) is 34.4. The number of alkyl halides is 6. The van der Waals surface area contributed by atoms with Crippen LogP contribution in [0.1, 0.15) is 48.4 Å². The Balaban J connectivity index is 0.000000186. The largest absolute Gasteiger partial charge is 0.573 e. The maximum atomic E-state index is 12.5. The summed E-state index contributed by atoms with van der Waals surface area (Å²) < 4.78 is 87.6. The van der Waals surface area contributed by atoms with E-state index < -0.39 is 24.7 Å². The van der Waals surface area contributed by atoms with Crippen LogP contribution in [-0.2, 0) is 13.1 Å². The van der Waals surface area contributed by atoms with Crippen LogP contribution < -0.4 is 20.1 Å². The Labute approximate surface area is 354 Å². The van der Waals surface area contributed by atoms with Crippen molar-refractivity contribution in [1.82, 2.24) is 29.1 Å². The number of halogens is 6. The van der Waals surface area contributed by atoms with Gasteiger partial charge in [-0.15, -0.1) is 26.3 Å². The number of nitrogens with zero attached hydrogens (tertiary/aromatic N) is 6. The van der Waals surface area contributed by atoms with Gasteiger partial charge in [-0.3, -0.25) is 0 Å². The van der Waals surface area contributed by atoms with Crippen molar-refractivity contribution >= 4 is 99.3 Å². The van der Waals surface area contributed by atoms with Gasteiger partial charge in [0.2, 0.25) is 11.9 Å². The molecule has 0 saturated carbocycles. The third-order valence-electron chi connectivity index (χ3n) is 8.71. The van der Waals surface area contributed by atoms with Gasteiger partial charge in [0.25, 0.3) is 0 Å². The lowest BCUT2D eigenvalue weighted by molar-refractivity contribution is -0.275. The molecule has 0 aliphatic rings. The monoisotopic (exact) mass is 900 g/mol. The van der Waals surface area contributed by atoms with Gasteiger partial charge in [0.1, 0.15) is 11.5 Å². The minimum atomic E-state index is -4.77. The molecule has 4 heterocycles. The molecule has 0 aliphatic carbocycles. The summed E-state index contributed by atoms with van der Waals surface area (Å²) in [7, 11) is 0. The SMILES string of the molecule is CC(C)Cn1c(Nc2nc3ccc(OC(F)(F)F)cc3s2)nc2cc(C(=O)O)ccc21.CC(C)Cn1c(Nc2nc3ccc(OC(F)(F)F)cc3s2)nc2cc(C(=O)O)ccc21. The molecular weight excluding hydrogens is 867 g/mol. The van der Waals surface area contributed by atoms with Crippen molar-refractivity contribution in [2.45, 2.75) is 53.5 Å². The lowest BCUT2D eigenvalue weighted by Crippen LogP contribution is -2.16. The summed E-state index contributed by atoms with van der Waals surface area (Å²) >= 11 is 2.32. The first-order valence-electron chi connectivity index (χ1n) is 18.5. The highest BCUT2D eigenvalue weighted by atomic mass is 32.1.